The van der Waals surface area contributed by atoms with Crippen LogP contribution >= 0.6 is 0 Å². The molecule has 1 saturated heterocycles. The molecule has 1 aliphatic rings. The third kappa shape index (κ3) is 5.34. The maximum Gasteiger partial charge on any atom is 0.332 e. The second-order valence-corrected chi connectivity index (χ2v) is 5.20. The molecular formula is C13H24N2O5. The maximum absolute atomic E-state index is 11.7. The molecule has 0 radical (unpaired) electrons. The summed E-state index contributed by atoms with van der Waals surface area (Å²) in [6.45, 7) is 5.45. The van der Waals surface area contributed by atoms with E-state index in [2.05, 4.69) is 10.6 Å². The summed E-state index contributed by atoms with van der Waals surface area (Å²) in [6.07, 6.45) is 2.14. The van der Waals surface area contributed by atoms with Crippen molar-refractivity contribution in [2.75, 3.05) is 26.4 Å². The zero-order valence-corrected chi connectivity index (χ0v) is 12.1. The van der Waals surface area contributed by atoms with Gasteiger partial charge in [0.05, 0.1) is 12.7 Å². The quantitative estimate of drug-likeness (QED) is 0.572. The van der Waals surface area contributed by atoms with Gasteiger partial charge in [-0.3, -0.25) is 0 Å². The summed E-state index contributed by atoms with van der Waals surface area (Å²) in [4.78, 5) is 22.9. The number of nitrogens with one attached hydrogen (secondary N) is 2. The Labute approximate surface area is 119 Å². The summed E-state index contributed by atoms with van der Waals surface area (Å²) in [5, 5.41) is 14.3. The molecule has 3 N–H and O–H groups in total. The first kappa shape index (κ1) is 16.7. The van der Waals surface area contributed by atoms with E-state index in [1.54, 1.807) is 0 Å². The lowest BCUT2D eigenvalue weighted by molar-refractivity contribution is -0.144. The first-order valence-corrected chi connectivity index (χ1v) is 6.95. The molecule has 1 rings (SSSR count). The van der Waals surface area contributed by atoms with Crippen LogP contribution in [-0.2, 0) is 14.3 Å². The second-order valence-electron chi connectivity index (χ2n) is 5.20. The highest BCUT2D eigenvalue weighted by Gasteiger charge is 2.43. The van der Waals surface area contributed by atoms with Crippen LogP contribution in [0.2, 0.25) is 0 Å². The Morgan fingerprint density at radius 2 is 2.15 bits per heavy atom. The predicted molar refractivity (Wildman–Crippen MR) is 72.7 cm³/mol. The summed E-state index contributed by atoms with van der Waals surface area (Å²) in [6, 6.07) is -0.470. The summed E-state index contributed by atoms with van der Waals surface area (Å²) >= 11 is 0. The lowest BCUT2D eigenvalue weighted by Crippen LogP contribution is -2.57. The minimum absolute atomic E-state index is 0.0119. The minimum Gasteiger partial charge on any atom is -0.479 e. The molecule has 0 bridgehead atoms. The standard InChI is InChI=1S/C13H24N2O5/c1-10(2)20-7-4-3-6-14-12(18)15-13(11(16)17)5-8-19-9-13/h10H,3-9H2,1-2H3,(H,16,17)(H2,14,15,18). The fourth-order valence-electron chi connectivity index (χ4n) is 1.90. The molecule has 2 amide bonds. The van der Waals surface area contributed by atoms with E-state index >= 15 is 0 Å². The van der Waals surface area contributed by atoms with E-state index in [9.17, 15) is 9.59 Å². The van der Waals surface area contributed by atoms with Crippen LogP contribution in [0.15, 0.2) is 0 Å². The molecule has 1 aliphatic heterocycles. The van der Waals surface area contributed by atoms with Crippen LogP contribution < -0.4 is 10.6 Å². The van der Waals surface area contributed by atoms with Gasteiger partial charge in [0, 0.05) is 26.2 Å². The second kappa shape index (κ2) is 8.06. The van der Waals surface area contributed by atoms with Gasteiger partial charge in [-0.15, -0.1) is 0 Å². The minimum atomic E-state index is -1.29. The van der Waals surface area contributed by atoms with Crippen LogP contribution in [0.5, 0.6) is 0 Å². The molecule has 7 heteroatoms. The van der Waals surface area contributed by atoms with Crippen LogP contribution in [-0.4, -0.2) is 55.1 Å². The molecule has 1 heterocycles. The van der Waals surface area contributed by atoms with Gasteiger partial charge in [-0.05, 0) is 26.7 Å². The van der Waals surface area contributed by atoms with Crippen molar-refractivity contribution in [1.82, 2.24) is 10.6 Å². The van der Waals surface area contributed by atoms with Gasteiger partial charge in [0.2, 0.25) is 0 Å². The fourth-order valence-corrected chi connectivity index (χ4v) is 1.90. The Hall–Kier alpha value is -1.34. The number of unbranched alkanes of at least 4 members (excludes halogenated alkanes) is 1. The van der Waals surface area contributed by atoms with E-state index in [1.165, 1.54) is 0 Å². The van der Waals surface area contributed by atoms with Gasteiger partial charge in [-0.25, -0.2) is 9.59 Å². The number of hydrogen-bond acceptors (Lipinski definition) is 4. The van der Waals surface area contributed by atoms with E-state index in [-0.39, 0.29) is 19.1 Å². The molecule has 0 aliphatic carbocycles. The highest BCUT2D eigenvalue weighted by molar-refractivity contribution is 5.86. The zero-order chi connectivity index (χ0) is 15.0. The lowest BCUT2D eigenvalue weighted by atomic mass is 9.99. The first-order chi connectivity index (χ1) is 9.46. The molecular weight excluding hydrogens is 264 g/mol. The summed E-state index contributed by atoms with van der Waals surface area (Å²) < 4.78 is 10.4. The molecule has 7 nitrogen and oxygen atoms in total. The molecule has 20 heavy (non-hydrogen) atoms. The largest absolute Gasteiger partial charge is 0.479 e. The van der Waals surface area contributed by atoms with Crippen LogP contribution in [0.3, 0.4) is 0 Å². The average molecular weight is 288 g/mol. The van der Waals surface area contributed by atoms with Crippen molar-refractivity contribution in [3.63, 3.8) is 0 Å². The number of aliphatic carboxylic acids is 1. The van der Waals surface area contributed by atoms with Gasteiger partial charge in [-0.1, -0.05) is 0 Å². The van der Waals surface area contributed by atoms with Crippen LogP contribution in [0.4, 0.5) is 4.79 Å². The smallest absolute Gasteiger partial charge is 0.332 e. The Morgan fingerprint density at radius 3 is 2.70 bits per heavy atom. The van der Waals surface area contributed by atoms with E-state index in [0.29, 0.717) is 19.8 Å². The van der Waals surface area contributed by atoms with E-state index in [1.807, 2.05) is 13.8 Å². The van der Waals surface area contributed by atoms with Crippen molar-refractivity contribution in [3.05, 3.63) is 0 Å². The molecule has 116 valence electrons. The Morgan fingerprint density at radius 1 is 1.40 bits per heavy atom. The zero-order valence-electron chi connectivity index (χ0n) is 12.1. The number of urea groups is 1. The number of rotatable bonds is 8. The number of amides is 2. The SMILES string of the molecule is CC(C)OCCCCNC(=O)NC1(C(=O)O)CCOC1. The third-order valence-electron chi connectivity index (χ3n) is 3.09. The summed E-state index contributed by atoms with van der Waals surface area (Å²) in [7, 11) is 0. The molecule has 0 aromatic carbocycles. The normalized spacial score (nSPS) is 21.9. The monoisotopic (exact) mass is 288 g/mol. The Bertz CT molecular complexity index is 327. The van der Waals surface area contributed by atoms with Crippen LogP contribution in [0.25, 0.3) is 0 Å². The molecule has 0 aromatic rings. The summed E-state index contributed by atoms with van der Waals surface area (Å²) in [5.74, 6) is -1.06. The van der Waals surface area contributed by atoms with Crippen molar-refractivity contribution in [3.8, 4) is 0 Å². The van der Waals surface area contributed by atoms with Crippen molar-refractivity contribution in [2.45, 2.75) is 44.8 Å². The number of carboxylic acid groups (broad SMARTS) is 1. The number of carboxylic acids is 1. The average Bonchev–Trinajstić information content (AvgIpc) is 2.83. The van der Waals surface area contributed by atoms with Gasteiger partial charge in [0.25, 0.3) is 0 Å². The Balaban J connectivity index is 2.18. The highest BCUT2D eigenvalue weighted by Crippen LogP contribution is 2.18. The highest BCUT2D eigenvalue weighted by atomic mass is 16.5. The van der Waals surface area contributed by atoms with Gasteiger partial charge in [0.1, 0.15) is 0 Å². The van der Waals surface area contributed by atoms with Crippen LogP contribution in [0, 0.1) is 0 Å². The van der Waals surface area contributed by atoms with E-state index < -0.39 is 17.5 Å². The number of hydrogen-bond donors (Lipinski definition) is 3. The summed E-state index contributed by atoms with van der Waals surface area (Å²) in [5.41, 5.74) is -1.29. The third-order valence-corrected chi connectivity index (χ3v) is 3.09. The number of ether oxygens (including phenoxy) is 2. The van der Waals surface area contributed by atoms with Crippen molar-refractivity contribution < 1.29 is 24.2 Å². The first-order valence-electron chi connectivity index (χ1n) is 6.95. The fraction of sp³-hybridized carbons (Fsp3) is 0.846. The van der Waals surface area contributed by atoms with Gasteiger partial charge < -0.3 is 25.2 Å². The van der Waals surface area contributed by atoms with E-state index in [4.69, 9.17) is 14.6 Å². The van der Waals surface area contributed by atoms with Crippen molar-refractivity contribution >= 4 is 12.0 Å². The van der Waals surface area contributed by atoms with Crippen LogP contribution in [0.1, 0.15) is 33.1 Å². The molecule has 1 unspecified atom stereocenters. The van der Waals surface area contributed by atoms with E-state index in [0.717, 1.165) is 12.8 Å². The van der Waals surface area contributed by atoms with Gasteiger partial charge in [0.15, 0.2) is 5.54 Å². The molecule has 0 spiro atoms. The lowest BCUT2D eigenvalue weighted by Gasteiger charge is -2.23. The topological polar surface area (TPSA) is 96.9 Å². The molecule has 0 aromatic heterocycles. The van der Waals surface area contributed by atoms with Gasteiger partial charge >= 0.3 is 12.0 Å². The van der Waals surface area contributed by atoms with Gasteiger partial charge in [-0.2, -0.15) is 0 Å². The molecule has 1 fully saturated rings. The molecule has 0 saturated carbocycles. The van der Waals surface area contributed by atoms with Crippen molar-refractivity contribution in [2.24, 2.45) is 0 Å². The molecule has 1 atom stereocenters. The number of carbonyl (C=O) groups excluding carboxylic acids is 1. The maximum atomic E-state index is 11.7. The predicted octanol–water partition coefficient (Wildman–Crippen LogP) is 0.735. The number of carbonyl (C=O) groups is 2. The van der Waals surface area contributed by atoms with Crippen molar-refractivity contribution in [1.29, 1.82) is 0 Å². The Kier molecular flexibility index (Phi) is 6.74.